The molecular weight excluding hydrogens is 240 g/mol. The second-order valence-electron chi connectivity index (χ2n) is 5.22. The fourth-order valence-corrected chi connectivity index (χ4v) is 2.48. The van der Waals surface area contributed by atoms with Crippen LogP contribution in [0.15, 0.2) is 18.3 Å². The van der Waals surface area contributed by atoms with E-state index in [0.717, 1.165) is 25.1 Å². The average molecular weight is 262 g/mol. The standard InChI is InChI=1S/C14H22N4O/c1-17-7-3-4-12(17)10-18(2)14(19)13-6-5-11(8-15)9-16-13/h5-6,9,12H,3-4,7-8,10,15H2,1-2H3. The number of carbonyl (C=O) groups excluding carboxylic acids is 1. The van der Waals surface area contributed by atoms with Crippen molar-refractivity contribution in [3.05, 3.63) is 29.6 Å². The Morgan fingerprint density at radius 2 is 2.37 bits per heavy atom. The van der Waals surface area contributed by atoms with Crippen molar-refractivity contribution < 1.29 is 4.79 Å². The van der Waals surface area contributed by atoms with Crippen molar-refractivity contribution in [1.82, 2.24) is 14.8 Å². The Hall–Kier alpha value is -1.46. The quantitative estimate of drug-likeness (QED) is 0.868. The molecule has 104 valence electrons. The first-order valence-electron chi connectivity index (χ1n) is 6.72. The van der Waals surface area contributed by atoms with Gasteiger partial charge in [-0.15, -0.1) is 0 Å². The van der Waals surface area contributed by atoms with Crippen LogP contribution in [0.1, 0.15) is 28.9 Å². The maximum absolute atomic E-state index is 12.3. The van der Waals surface area contributed by atoms with Crippen LogP contribution in [0, 0.1) is 0 Å². The van der Waals surface area contributed by atoms with Crippen molar-refractivity contribution in [2.45, 2.75) is 25.4 Å². The Kier molecular flexibility index (Phi) is 4.50. The molecule has 1 aromatic heterocycles. The minimum Gasteiger partial charge on any atom is -0.339 e. The van der Waals surface area contributed by atoms with Gasteiger partial charge in [0.05, 0.1) is 0 Å². The van der Waals surface area contributed by atoms with Crippen LogP contribution in [0.3, 0.4) is 0 Å². The monoisotopic (exact) mass is 262 g/mol. The molecule has 1 aliphatic rings. The number of pyridine rings is 1. The maximum Gasteiger partial charge on any atom is 0.272 e. The maximum atomic E-state index is 12.3. The molecule has 1 saturated heterocycles. The third kappa shape index (κ3) is 3.30. The minimum absolute atomic E-state index is 0.0242. The number of hydrogen-bond acceptors (Lipinski definition) is 4. The second kappa shape index (κ2) is 6.12. The van der Waals surface area contributed by atoms with Crippen molar-refractivity contribution in [1.29, 1.82) is 0 Å². The van der Waals surface area contributed by atoms with Crippen LogP contribution in [-0.4, -0.2) is 53.9 Å². The summed E-state index contributed by atoms with van der Waals surface area (Å²) in [6.45, 7) is 2.33. The molecule has 0 saturated carbocycles. The predicted octanol–water partition coefficient (Wildman–Crippen LogP) is 0.707. The van der Waals surface area contributed by atoms with Crippen LogP contribution in [-0.2, 0) is 6.54 Å². The molecule has 1 atom stereocenters. The molecule has 1 unspecified atom stereocenters. The fourth-order valence-electron chi connectivity index (χ4n) is 2.48. The van der Waals surface area contributed by atoms with E-state index in [4.69, 9.17) is 5.73 Å². The average Bonchev–Trinajstić information content (AvgIpc) is 2.83. The fraction of sp³-hybridized carbons (Fsp3) is 0.571. The summed E-state index contributed by atoms with van der Waals surface area (Å²) in [4.78, 5) is 20.5. The molecule has 19 heavy (non-hydrogen) atoms. The van der Waals surface area contributed by atoms with Gasteiger partial charge in [-0.3, -0.25) is 9.78 Å². The van der Waals surface area contributed by atoms with E-state index in [1.165, 1.54) is 6.42 Å². The van der Waals surface area contributed by atoms with Gasteiger partial charge in [0.15, 0.2) is 0 Å². The number of likely N-dealkylation sites (N-methyl/N-ethyl adjacent to an activating group) is 2. The number of nitrogens with zero attached hydrogens (tertiary/aromatic N) is 3. The van der Waals surface area contributed by atoms with Gasteiger partial charge in [-0.2, -0.15) is 0 Å². The highest BCUT2D eigenvalue weighted by Crippen LogP contribution is 2.16. The normalized spacial score (nSPS) is 19.6. The van der Waals surface area contributed by atoms with E-state index in [0.29, 0.717) is 18.3 Å². The minimum atomic E-state index is -0.0242. The van der Waals surface area contributed by atoms with E-state index < -0.39 is 0 Å². The molecule has 0 aliphatic carbocycles. The molecule has 1 amide bonds. The van der Waals surface area contributed by atoms with Gasteiger partial charge in [0.1, 0.15) is 5.69 Å². The molecular formula is C14H22N4O. The molecule has 1 aliphatic heterocycles. The van der Waals surface area contributed by atoms with E-state index in [1.54, 1.807) is 17.2 Å². The lowest BCUT2D eigenvalue weighted by atomic mass is 10.2. The molecule has 1 fully saturated rings. The van der Waals surface area contributed by atoms with E-state index >= 15 is 0 Å². The van der Waals surface area contributed by atoms with Gasteiger partial charge in [-0.05, 0) is 38.1 Å². The largest absolute Gasteiger partial charge is 0.339 e. The number of amides is 1. The van der Waals surface area contributed by atoms with Gasteiger partial charge in [0.25, 0.3) is 5.91 Å². The lowest BCUT2D eigenvalue weighted by molar-refractivity contribution is 0.0755. The van der Waals surface area contributed by atoms with Crippen LogP contribution in [0.4, 0.5) is 0 Å². The number of hydrogen-bond donors (Lipinski definition) is 1. The lowest BCUT2D eigenvalue weighted by Gasteiger charge is -2.25. The van der Waals surface area contributed by atoms with Crippen LogP contribution < -0.4 is 5.73 Å². The highest BCUT2D eigenvalue weighted by molar-refractivity contribution is 5.92. The summed E-state index contributed by atoms with van der Waals surface area (Å²) in [6, 6.07) is 4.08. The highest BCUT2D eigenvalue weighted by Gasteiger charge is 2.24. The van der Waals surface area contributed by atoms with Crippen LogP contribution in [0.2, 0.25) is 0 Å². The van der Waals surface area contributed by atoms with Gasteiger partial charge < -0.3 is 15.5 Å². The number of nitrogens with two attached hydrogens (primary N) is 1. The number of aromatic nitrogens is 1. The molecule has 5 nitrogen and oxygen atoms in total. The van der Waals surface area contributed by atoms with Gasteiger partial charge in [0, 0.05) is 32.4 Å². The van der Waals surface area contributed by atoms with Crippen molar-refractivity contribution in [3.8, 4) is 0 Å². The zero-order valence-electron chi connectivity index (χ0n) is 11.7. The summed E-state index contributed by atoms with van der Waals surface area (Å²) in [7, 11) is 3.96. The molecule has 1 aromatic rings. The van der Waals surface area contributed by atoms with Crippen LogP contribution >= 0.6 is 0 Å². The topological polar surface area (TPSA) is 62.5 Å². The Labute approximate surface area is 114 Å². The summed E-state index contributed by atoms with van der Waals surface area (Å²) < 4.78 is 0. The first-order chi connectivity index (χ1) is 9.11. The summed E-state index contributed by atoms with van der Waals surface area (Å²) >= 11 is 0. The lowest BCUT2D eigenvalue weighted by Crippen LogP contribution is -2.39. The summed E-state index contributed by atoms with van der Waals surface area (Å²) in [5.74, 6) is -0.0242. The van der Waals surface area contributed by atoms with Crippen molar-refractivity contribution >= 4 is 5.91 Å². The van der Waals surface area contributed by atoms with Crippen LogP contribution in [0.5, 0.6) is 0 Å². The number of rotatable bonds is 4. The smallest absolute Gasteiger partial charge is 0.272 e. The molecule has 2 N–H and O–H groups in total. The number of likely N-dealkylation sites (tertiary alicyclic amines) is 1. The Morgan fingerprint density at radius 3 is 2.89 bits per heavy atom. The summed E-state index contributed by atoms with van der Waals surface area (Å²) in [5.41, 5.74) is 6.95. The van der Waals surface area contributed by atoms with E-state index in [-0.39, 0.29) is 5.91 Å². The van der Waals surface area contributed by atoms with E-state index in [1.807, 2.05) is 13.1 Å². The van der Waals surface area contributed by atoms with Gasteiger partial charge in [-0.1, -0.05) is 6.07 Å². The second-order valence-corrected chi connectivity index (χ2v) is 5.22. The SMILES string of the molecule is CN(CC1CCCN1C)C(=O)c1ccc(CN)cn1. The molecule has 0 radical (unpaired) electrons. The van der Waals surface area contributed by atoms with Gasteiger partial charge in [-0.25, -0.2) is 0 Å². The summed E-state index contributed by atoms with van der Waals surface area (Å²) in [6.07, 6.45) is 4.04. The first-order valence-corrected chi connectivity index (χ1v) is 6.72. The van der Waals surface area contributed by atoms with Crippen molar-refractivity contribution in [2.24, 2.45) is 5.73 Å². The molecule has 0 aromatic carbocycles. The van der Waals surface area contributed by atoms with Gasteiger partial charge >= 0.3 is 0 Å². The van der Waals surface area contributed by atoms with E-state index in [2.05, 4.69) is 16.9 Å². The van der Waals surface area contributed by atoms with Crippen molar-refractivity contribution in [2.75, 3.05) is 27.2 Å². The highest BCUT2D eigenvalue weighted by atomic mass is 16.2. The Bertz CT molecular complexity index is 432. The zero-order valence-corrected chi connectivity index (χ0v) is 11.7. The van der Waals surface area contributed by atoms with Crippen LogP contribution in [0.25, 0.3) is 0 Å². The summed E-state index contributed by atoms with van der Waals surface area (Å²) in [5, 5.41) is 0. The Morgan fingerprint density at radius 1 is 1.58 bits per heavy atom. The molecule has 5 heteroatoms. The van der Waals surface area contributed by atoms with E-state index in [9.17, 15) is 4.79 Å². The molecule has 2 rings (SSSR count). The molecule has 0 spiro atoms. The first kappa shape index (κ1) is 14.0. The van der Waals surface area contributed by atoms with Gasteiger partial charge in [0.2, 0.25) is 0 Å². The predicted molar refractivity (Wildman–Crippen MR) is 74.7 cm³/mol. The Balaban J connectivity index is 1.97. The number of carbonyl (C=O) groups is 1. The molecule has 0 bridgehead atoms. The zero-order chi connectivity index (χ0) is 13.8. The third-order valence-corrected chi connectivity index (χ3v) is 3.78. The van der Waals surface area contributed by atoms with Crippen molar-refractivity contribution in [3.63, 3.8) is 0 Å². The molecule has 2 heterocycles. The third-order valence-electron chi connectivity index (χ3n) is 3.78.